The van der Waals surface area contributed by atoms with Crippen molar-refractivity contribution in [2.45, 2.75) is 64.3 Å². The number of ether oxygens (including phenoxy) is 1. The van der Waals surface area contributed by atoms with Gasteiger partial charge in [0.15, 0.2) is 0 Å². The highest BCUT2D eigenvalue weighted by atomic mass is 19.4. The van der Waals surface area contributed by atoms with E-state index < -0.39 is 23.4 Å². The summed E-state index contributed by atoms with van der Waals surface area (Å²) in [5.41, 5.74) is -2.00. The summed E-state index contributed by atoms with van der Waals surface area (Å²) < 4.78 is 46.3. The number of fused-ring (bicyclic) bond motifs is 2. The predicted octanol–water partition coefficient (Wildman–Crippen LogP) is 4.05. The number of hydrogen-bond acceptors (Lipinski definition) is 5. The van der Waals surface area contributed by atoms with Crippen LogP contribution in [0.2, 0.25) is 0 Å². The number of amides is 1. The lowest BCUT2D eigenvalue weighted by molar-refractivity contribution is -0.156. The van der Waals surface area contributed by atoms with Crippen molar-refractivity contribution in [2.75, 3.05) is 50.8 Å². The molecule has 0 spiro atoms. The van der Waals surface area contributed by atoms with E-state index in [0.717, 1.165) is 51.6 Å². The molecule has 3 saturated heterocycles. The van der Waals surface area contributed by atoms with Gasteiger partial charge in [0.05, 0.1) is 11.5 Å². The Hall–Kier alpha value is -1.71. The maximum Gasteiger partial charge on any atom is 0.433 e. The smallest absolute Gasteiger partial charge is 0.374 e. The monoisotopic (exact) mass is 482 g/mol. The van der Waals surface area contributed by atoms with Crippen LogP contribution in [-0.4, -0.2) is 77.7 Å². The number of anilines is 1. The van der Waals surface area contributed by atoms with Crippen molar-refractivity contribution in [3.8, 4) is 0 Å². The number of rotatable bonds is 5. The molecule has 3 unspecified atom stereocenters. The molecule has 3 aliphatic rings. The van der Waals surface area contributed by atoms with E-state index in [1.807, 2.05) is 13.8 Å². The molecule has 1 amide bonds. The Morgan fingerprint density at radius 3 is 2.56 bits per heavy atom. The first-order valence-electron chi connectivity index (χ1n) is 12.4. The van der Waals surface area contributed by atoms with Gasteiger partial charge < -0.3 is 9.64 Å². The van der Waals surface area contributed by atoms with Gasteiger partial charge in [0.25, 0.3) is 0 Å². The van der Waals surface area contributed by atoms with Crippen LogP contribution in [0.5, 0.6) is 0 Å². The summed E-state index contributed by atoms with van der Waals surface area (Å²) in [5.74, 6) is 0.0143. The standard InChI is InChI=1S/C25H37F3N4O2/c1-18(2)8-10-30-11-13-31(14-12-30)24-9-15-34-23(4,16-24)19(3)22(33)32(17-24)21-7-5-6-20(29-21)25(26,27)28/h5-7,18-19H,8-17H2,1-4H3. The number of hydrogen-bond donors (Lipinski definition) is 0. The summed E-state index contributed by atoms with van der Waals surface area (Å²) in [6.07, 6.45) is -1.98. The molecule has 34 heavy (non-hydrogen) atoms. The molecule has 0 aliphatic carbocycles. The molecule has 0 saturated carbocycles. The topological polar surface area (TPSA) is 48.9 Å². The van der Waals surface area contributed by atoms with Gasteiger partial charge in [-0.25, -0.2) is 4.98 Å². The third-order valence-electron chi connectivity index (χ3n) is 8.05. The minimum atomic E-state index is -4.56. The molecule has 190 valence electrons. The summed E-state index contributed by atoms with van der Waals surface area (Å²) in [5, 5.41) is 0. The van der Waals surface area contributed by atoms with Crippen molar-refractivity contribution in [3.05, 3.63) is 23.9 Å². The molecule has 1 aromatic rings. The van der Waals surface area contributed by atoms with Gasteiger partial charge >= 0.3 is 6.18 Å². The fourth-order valence-electron chi connectivity index (χ4n) is 5.73. The van der Waals surface area contributed by atoms with Crippen molar-refractivity contribution in [3.63, 3.8) is 0 Å². The molecule has 4 rings (SSSR count). The molecule has 3 fully saturated rings. The molecule has 0 radical (unpaired) electrons. The summed E-state index contributed by atoms with van der Waals surface area (Å²) >= 11 is 0. The number of nitrogens with zero attached hydrogens (tertiary/aromatic N) is 4. The fourth-order valence-corrected chi connectivity index (χ4v) is 5.73. The summed E-state index contributed by atoms with van der Waals surface area (Å²) in [4.78, 5) is 23.9. The molecule has 9 heteroatoms. The third-order valence-corrected chi connectivity index (χ3v) is 8.05. The Morgan fingerprint density at radius 1 is 1.21 bits per heavy atom. The van der Waals surface area contributed by atoms with E-state index in [1.54, 1.807) is 0 Å². The van der Waals surface area contributed by atoms with Gasteiger partial charge in [0.1, 0.15) is 11.5 Å². The van der Waals surface area contributed by atoms with Gasteiger partial charge in [0.2, 0.25) is 5.91 Å². The van der Waals surface area contributed by atoms with Crippen LogP contribution in [0.3, 0.4) is 0 Å². The molecular weight excluding hydrogens is 445 g/mol. The Balaban J connectivity index is 1.63. The van der Waals surface area contributed by atoms with Crippen molar-refractivity contribution < 1.29 is 22.7 Å². The Bertz CT molecular complexity index is 887. The van der Waals surface area contributed by atoms with Gasteiger partial charge in [-0.3, -0.25) is 14.6 Å². The highest BCUT2D eigenvalue weighted by Crippen LogP contribution is 2.45. The van der Waals surface area contributed by atoms with Gasteiger partial charge in [-0.05, 0) is 50.8 Å². The number of halogens is 3. The minimum Gasteiger partial charge on any atom is -0.374 e. The van der Waals surface area contributed by atoms with Crippen LogP contribution in [0, 0.1) is 11.8 Å². The first kappa shape index (κ1) is 25.4. The van der Waals surface area contributed by atoms with Crippen LogP contribution in [0.25, 0.3) is 0 Å². The summed E-state index contributed by atoms with van der Waals surface area (Å²) in [6.45, 7) is 13.9. The molecular formula is C25H37F3N4O2. The van der Waals surface area contributed by atoms with Gasteiger partial charge in [-0.15, -0.1) is 0 Å². The Labute approximate surface area is 200 Å². The lowest BCUT2D eigenvalue weighted by Crippen LogP contribution is -2.64. The van der Waals surface area contributed by atoms with E-state index in [1.165, 1.54) is 17.0 Å². The number of alkyl halides is 3. The number of pyridine rings is 1. The Kier molecular flexibility index (Phi) is 7.01. The minimum absolute atomic E-state index is 0.0674. The van der Waals surface area contributed by atoms with Crippen LogP contribution in [0.4, 0.5) is 19.0 Å². The second-order valence-corrected chi connectivity index (χ2v) is 10.8. The van der Waals surface area contributed by atoms with Gasteiger partial charge in [-0.1, -0.05) is 26.8 Å². The maximum atomic E-state index is 13.6. The highest BCUT2D eigenvalue weighted by molar-refractivity contribution is 5.95. The van der Waals surface area contributed by atoms with Crippen LogP contribution in [0.1, 0.15) is 52.7 Å². The van der Waals surface area contributed by atoms with Crippen molar-refractivity contribution in [1.82, 2.24) is 14.8 Å². The molecule has 1 aromatic heterocycles. The van der Waals surface area contributed by atoms with Gasteiger partial charge in [-0.2, -0.15) is 13.2 Å². The molecule has 0 aromatic carbocycles. The van der Waals surface area contributed by atoms with E-state index in [2.05, 4.69) is 28.6 Å². The second kappa shape index (κ2) is 9.39. The zero-order chi connectivity index (χ0) is 24.7. The van der Waals surface area contributed by atoms with Crippen LogP contribution >= 0.6 is 0 Å². The second-order valence-electron chi connectivity index (χ2n) is 10.8. The largest absolute Gasteiger partial charge is 0.433 e. The van der Waals surface area contributed by atoms with Gasteiger partial charge in [0, 0.05) is 44.9 Å². The average molecular weight is 483 g/mol. The molecule has 2 bridgehead atoms. The lowest BCUT2D eigenvalue weighted by atomic mass is 9.75. The van der Waals surface area contributed by atoms with E-state index >= 15 is 0 Å². The number of piperazine rings is 1. The molecule has 3 atom stereocenters. The maximum absolute atomic E-state index is 13.6. The highest BCUT2D eigenvalue weighted by Gasteiger charge is 2.55. The van der Waals surface area contributed by atoms with Crippen molar-refractivity contribution in [1.29, 1.82) is 0 Å². The lowest BCUT2D eigenvalue weighted by Gasteiger charge is -2.53. The van der Waals surface area contributed by atoms with Crippen LogP contribution < -0.4 is 4.90 Å². The number of aromatic nitrogens is 1. The number of carbonyl (C=O) groups excluding carboxylic acids is 1. The SMILES string of the molecule is CC(C)CCN1CCN(C23CCOC(C)(C2)C(C)C(=O)N(c2cccc(C(F)(F)F)n2)C3)CC1. The van der Waals surface area contributed by atoms with E-state index in [4.69, 9.17) is 4.74 Å². The summed E-state index contributed by atoms with van der Waals surface area (Å²) in [6, 6.07) is 3.79. The first-order valence-corrected chi connectivity index (χ1v) is 12.4. The quantitative estimate of drug-likeness (QED) is 0.634. The normalized spacial score (nSPS) is 31.7. The number of carbonyl (C=O) groups is 1. The molecule has 4 heterocycles. The summed E-state index contributed by atoms with van der Waals surface area (Å²) in [7, 11) is 0. The molecule has 0 N–H and O–H groups in total. The Morgan fingerprint density at radius 2 is 1.91 bits per heavy atom. The third kappa shape index (κ3) is 4.97. The van der Waals surface area contributed by atoms with Crippen LogP contribution in [-0.2, 0) is 15.7 Å². The van der Waals surface area contributed by atoms with Crippen LogP contribution in [0.15, 0.2) is 18.2 Å². The van der Waals surface area contributed by atoms with E-state index in [0.29, 0.717) is 25.5 Å². The zero-order valence-corrected chi connectivity index (χ0v) is 20.7. The average Bonchev–Trinajstić information content (AvgIpc) is 2.85. The van der Waals surface area contributed by atoms with E-state index in [-0.39, 0.29) is 17.3 Å². The molecule has 6 nitrogen and oxygen atoms in total. The van der Waals surface area contributed by atoms with Crippen molar-refractivity contribution in [2.24, 2.45) is 11.8 Å². The van der Waals surface area contributed by atoms with E-state index in [9.17, 15) is 18.0 Å². The fraction of sp³-hybridized carbons (Fsp3) is 0.760. The van der Waals surface area contributed by atoms with Crippen molar-refractivity contribution >= 4 is 11.7 Å². The molecule has 3 aliphatic heterocycles. The first-order chi connectivity index (χ1) is 15.9. The zero-order valence-electron chi connectivity index (χ0n) is 20.7. The predicted molar refractivity (Wildman–Crippen MR) is 125 cm³/mol.